The lowest BCUT2D eigenvalue weighted by Crippen LogP contribution is -2.50. The molecule has 0 spiro atoms. The molecule has 1 amide bonds. The van der Waals surface area contributed by atoms with Crippen LogP contribution in [0.25, 0.3) is 0 Å². The van der Waals surface area contributed by atoms with Crippen molar-refractivity contribution in [3.63, 3.8) is 0 Å². The van der Waals surface area contributed by atoms with Crippen molar-refractivity contribution in [2.24, 2.45) is 11.7 Å². The Hall–Kier alpha value is -0.650. The molecule has 2 heterocycles. The van der Waals surface area contributed by atoms with Crippen LogP contribution in [0.15, 0.2) is 0 Å². The molecule has 5 heteroatoms. The van der Waals surface area contributed by atoms with E-state index in [0.29, 0.717) is 31.5 Å². The molecule has 0 bridgehead atoms. The summed E-state index contributed by atoms with van der Waals surface area (Å²) in [6, 6.07) is 0.623. The number of nitrogens with zero attached hydrogens (tertiary/aromatic N) is 1. The zero-order chi connectivity index (χ0) is 13.7. The van der Waals surface area contributed by atoms with Gasteiger partial charge in [0.1, 0.15) is 0 Å². The minimum Gasteiger partial charge on any atom is -0.373 e. The molecule has 2 saturated heterocycles. The Kier molecular flexibility index (Phi) is 5.60. The highest BCUT2D eigenvalue weighted by atomic mass is 16.5. The molecule has 2 fully saturated rings. The summed E-state index contributed by atoms with van der Waals surface area (Å²) in [6.45, 7) is 6.33. The molecular formula is C14H27N3O2. The molecular weight excluding hydrogens is 242 g/mol. The Bertz CT molecular complexity index is 298. The van der Waals surface area contributed by atoms with Crippen molar-refractivity contribution >= 4 is 5.91 Å². The fourth-order valence-corrected chi connectivity index (χ4v) is 2.82. The number of rotatable bonds is 6. The van der Waals surface area contributed by atoms with Crippen molar-refractivity contribution in [2.45, 2.75) is 44.8 Å². The number of amides is 1. The lowest BCUT2D eigenvalue weighted by molar-refractivity contribution is -0.122. The Labute approximate surface area is 115 Å². The maximum atomic E-state index is 11.7. The van der Waals surface area contributed by atoms with Crippen LogP contribution in [0.5, 0.6) is 0 Å². The van der Waals surface area contributed by atoms with Crippen LogP contribution in [0.3, 0.4) is 0 Å². The van der Waals surface area contributed by atoms with Crippen LogP contribution in [0.1, 0.15) is 32.6 Å². The van der Waals surface area contributed by atoms with Crippen LogP contribution in [-0.4, -0.2) is 55.7 Å². The number of hydrogen-bond acceptors (Lipinski definition) is 4. The highest BCUT2D eigenvalue weighted by Crippen LogP contribution is 2.22. The topological polar surface area (TPSA) is 67.6 Å². The molecule has 3 N–H and O–H groups in total. The standard InChI is InChI=1S/C14H27N3O2/c1-11(7-15)4-5-14(18)16-8-13-9-17-6-2-3-12(17)10-19-13/h11-13H,2-10,15H2,1H3,(H,16,18). The fraction of sp³-hybridized carbons (Fsp3) is 0.929. The van der Waals surface area contributed by atoms with Gasteiger partial charge in [0.2, 0.25) is 5.91 Å². The second-order valence-corrected chi connectivity index (χ2v) is 5.93. The van der Waals surface area contributed by atoms with Gasteiger partial charge >= 0.3 is 0 Å². The molecule has 0 saturated carbocycles. The van der Waals surface area contributed by atoms with Gasteiger partial charge in [0.05, 0.1) is 12.7 Å². The molecule has 5 nitrogen and oxygen atoms in total. The second kappa shape index (κ2) is 7.22. The minimum atomic E-state index is 0.118. The first kappa shape index (κ1) is 14.8. The van der Waals surface area contributed by atoms with E-state index in [1.54, 1.807) is 0 Å². The monoisotopic (exact) mass is 269 g/mol. The molecule has 0 aromatic heterocycles. The summed E-state index contributed by atoms with van der Waals surface area (Å²) in [6.07, 6.45) is 4.13. The van der Waals surface area contributed by atoms with E-state index in [0.717, 1.165) is 19.6 Å². The molecule has 2 aliphatic rings. The van der Waals surface area contributed by atoms with E-state index >= 15 is 0 Å². The van der Waals surface area contributed by atoms with Crippen molar-refractivity contribution in [3.8, 4) is 0 Å². The number of carbonyl (C=O) groups excluding carboxylic acids is 1. The maximum absolute atomic E-state index is 11.7. The zero-order valence-corrected chi connectivity index (χ0v) is 11.9. The zero-order valence-electron chi connectivity index (χ0n) is 11.9. The summed E-state index contributed by atoms with van der Waals surface area (Å²) in [5.41, 5.74) is 5.54. The first-order valence-corrected chi connectivity index (χ1v) is 7.51. The van der Waals surface area contributed by atoms with Crippen LogP contribution in [0.4, 0.5) is 0 Å². The van der Waals surface area contributed by atoms with E-state index < -0.39 is 0 Å². The first-order chi connectivity index (χ1) is 9.19. The van der Waals surface area contributed by atoms with Gasteiger partial charge in [-0.15, -0.1) is 0 Å². The predicted octanol–water partition coefficient (Wildman–Crippen LogP) is 0.341. The Morgan fingerprint density at radius 1 is 1.58 bits per heavy atom. The minimum absolute atomic E-state index is 0.118. The Balaban J connectivity index is 1.61. The molecule has 0 aliphatic carbocycles. The number of nitrogens with one attached hydrogen (secondary N) is 1. The van der Waals surface area contributed by atoms with E-state index in [-0.39, 0.29) is 12.0 Å². The number of carbonyl (C=O) groups is 1. The van der Waals surface area contributed by atoms with Crippen LogP contribution >= 0.6 is 0 Å². The van der Waals surface area contributed by atoms with Gasteiger partial charge in [-0.2, -0.15) is 0 Å². The molecule has 19 heavy (non-hydrogen) atoms. The molecule has 2 rings (SSSR count). The van der Waals surface area contributed by atoms with Gasteiger partial charge in [0.25, 0.3) is 0 Å². The molecule has 2 aliphatic heterocycles. The number of ether oxygens (including phenoxy) is 1. The Morgan fingerprint density at radius 3 is 3.21 bits per heavy atom. The number of morpholine rings is 1. The lowest BCUT2D eigenvalue weighted by atomic mass is 10.1. The van der Waals surface area contributed by atoms with Crippen molar-refractivity contribution in [1.29, 1.82) is 0 Å². The summed E-state index contributed by atoms with van der Waals surface area (Å²) in [7, 11) is 0. The predicted molar refractivity (Wildman–Crippen MR) is 74.8 cm³/mol. The third-order valence-corrected chi connectivity index (χ3v) is 4.26. The average molecular weight is 269 g/mol. The van der Waals surface area contributed by atoms with E-state index in [4.69, 9.17) is 10.5 Å². The van der Waals surface area contributed by atoms with Crippen LogP contribution in [-0.2, 0) is 9.53 Å². The quantitative estimate of drug-likeness (QED) is 0.730. The van der Waals surface area contributed by atoms with Gasteiger partial charge in [-0.1, -0.05) is 6.92 Å². The van der Waals surface area contributed by atoms with Gasteiger partial charge in [0, 0.05) is 25.6 Å². The number of nitrogens with two attached hydrogens (primary N) is 1. The second-order valence-electron chi connectivity index (χ2n) is 5.93. The molecule has 110 valence electrons. The molecule has 0 radical (unpaired) electrons. The highest BCUT2D eigenvalue weighted by molar-refractivity contribution is 5.75. The molecule has 0 aromatic carbocycles. The van der Waals surface area contributed by atoms with Gasteiger partial charge in [-0.3, -0.25) is 9.69 Å². The average Bonchev–Trinajstić information content (AvgIpc) is 2.89. The normalized spacial score (nSPS) is 28.9. The van der Waals surface area contributed by atoms with E-state index in [9.17, 15) is 4.79 Å². The van der Waals surface area contributed by atoms with Crippen LogP contribution in [0.2, 0.25) is 0 Å². The largest absolute Gasteiger partial charge is 0.373 e. The number of fused-ring (bicyclic) bond motifs is 1. The third-order valence-electron chi connectivity index (χ3n) is 4.26. The maximum Gasteiger partial charge on any atom is 0.220 e. The van der Waals surface area contributed by atoms with Gasteiger partial charge < -0.3 is 15.8 Å². The van der Waals surface area contributed by atoms with Gasteiger partial charge in [-0.05, 0) is 38.3 Å². The molecule has 3 unspecified atom stereocenters. The van der Waals surface area contributed by atoms with Crippen molar-refractivity contribution < 1.29 is 9.53 Å². The summed E-state index contributed by atoms with van der Waals surface area (Å²) in [5, 5.41) is 2.98. The summed E-state index contributed by atoms with van der Waals surface area (Å²) < 4.78 is 5.81. The SMILES string of the molecule is CC(CN)CCC(=O)NCC1CN2CCCC2CO1. The smallest absolute Gasteiger partial charge is 0.220 e. The van der Waals surface area contributed by atoms with Gasteiger partial charge in [0.15, 0.2) is 0 Å². The third kappa shape index (κ3) is 4.44. The lowest BCUT2D eigenvalue weighted by Gasteiger charge is -2.35. The van der Waals surface area contributed by atoms with Crippen molar-refractivity contribution in [3.05, 3.63) is 0 Å². The fourth-order valence-electron chi connectivity index (χ4n) is 2.82. The highest BCUT2D eigenvalue weighted by Gasteiger charge is 2.32. The van der Waals surface area contributed by atoms with Crippen molar-refractivity contribution in [2.75, 3.05) is 32.8 Å². The molecule has 3 atom stereocenters. The summed E-state index contributed by atoms with van der Waals surface area (Å²) >= 11 is 0. The molecule has 0 aromatic rings. The van der Waals surface area contributed by atoms with Crippen molar-refractivity contribution in [1.82, 2.24) is 10.2 Å². The van der Waals surface area contributed by atoms with Crippen LogP contribution < -0.4 is 11.1 Å². The van der Waals surface area contributed by atoms with Gasteiger partial charge in [-0.25, -0.2) is 0 Å². The van der Waals surface area contributed by atoms with E-state index in [2.05, 4.69) is 17.1 Å². The summed E-state index contributed by atoms with van der Waals surface area (Å²) in [5.74, 6) is 0.537. The first-order valence-electron chi connectivity index (χ1n) is 7.51. The van der Waals surface area contributed by atoms with E-state index in [1.165, 1.54) is 19.4 Å². The van der Waals surface area contributed by atoms with E-state index in [1.807, 2.05) is 0 Å². The van der Waals surface area contributed by atoms with Crippen LogP contribution in [0, 0.1) is 5.92 Å². The Morgan fingerprint density at radius 2 is 2.42 bits per heavy atom. The summed E-state index contributed by atoms with van der Waals surface area (Å²) in [4.78, 5) is 14.2. The number of hydrogen-bond donors (Lipinski definition) is 2.